The molecule has 2 amide bonds. The first kappa shape index (κ1) is 14.6. The van der Waals surface area contributed by atoms with Crippen molar-refractivity contribution in [3.63, 3.8) is 0 Å². The van der Waals surface area contributed by atoms with Crippen LogP contribution >= 0.6 is 11.6 Å². The van der Waals surface area contributed by atoms with E-state index in [0.717, 1.165) is 29.2 Å². The predicted octanol–water partition coefficient (Wildman–Crippen LogP) is 3.16. The number of likely N-dealkylation sites (tertiary alicyclic amines) is 1. The lowest BCUT2D eigenvalue weighted by atomic mass is 10.1. The predicted molar refractivity (Wildman–Crippen MR) is 77.9 cm³/mol. The van der Waals surface area contributed by atoms with Gasteiger partial charge in [0.05, 0.1) is 0 Å². The number of halogens is 1. The van der Waals surface area contributed by atoms with Gasteiger partial charge in [-0.3, -0.25) is 9.59 Å². The normalized spacial score (nSPS) is 14.3. The quantitative estimate of drug-likeness (QED) is 0.485. The summed E-state index contributed by atoms with van der Waals surface area (Å²) < 4.78 is 0. The highest BCUT2D eigenvalue weighted by molar-refractivity contribution is 6.30. The van der Waals surface area contributed by atoms with Gasteiger partial charge in [0, 0.05) is 30.3 Å². The lowest BCUT2D eigenvalue weighted by molar-refractivity contribution is -0.134. The second kappa shape index (κ2) is 7.12. The molecule has 1 saturated heterocycles. The van der Waals surface area contributed by atoms with Gasteiger partial charge in [-0.15, -0.1) is 0 Å². The van der Waals surface area contributed by atoms with Crippen LogP contribution in [0.25, 0.3) is 0 Å². The van der Waals surface area contributed by atoms with Crippen LogP contribution in [0.5, 0.6) is 0 Å². The lowest BCUT2D eigenvalue weighted by Crippen LogP contribution is -2.23. The molecule has 1 aromatic rings. The zero-order chi connectivity index (χ0) is 14.4. The summed E-state index contributed by atoms with van der Waals surface area (Å²) in [6.07, 6.45) is 4.19. The lowest BCUT2D eigenvalue weighted by Gasteiger charge is -2.02. The van der Waals surface area contributed by atoms with E-state index in [1.807, 2.05) is 18.2 Å². The van der Waals surface area contributed by atoms with Crippen LogP contribution in [0, 0.1) is 12.0 Å². The Morgan fingerprint density at radius 2 is 1.90 bits per heavy atom. The van der Waals surface area contributed by atoms with Crippen molar-refractivity contribution in [1.82, 2.24) is 4.90 Å². The summed E-state index contributed by atoms with van der Waals surface area (Å²) in [6.45, 7) is 0. The molecule has 1 aliphatic heterocycles. The third-order valence-electron chi connectivity index (χ3n) is 3.15. The maximum Gasteiger partial charge on any atom is 0.241 e. The number of amides is 2. The molecule has 3 nitrogen and oxygen atoms in total. The SMILES string of the molecule is O=C1CCC(=O)N1C#CCCCCc1cccc(Cl)c1. The van der Waals surface area contributed by atoms with Gasteiger partial charge in [-0.1, -0.05) is 29.7 Å². The minimum absolute atomic E-state index is 0.179. The molecule has 0 aromatic heterocycles. The van der Waals surface area contributed by atoms with E-state index < -0.39 is 0 Å². The van der Waals surface area contributed by atoms with Gasteiger partial charge < -0.3 is 0 Å². The largest absolute Gasteiger partial charge is 0.273 e. The van der Waals surface area contributed by atoms with E-state index in [4.69, 9.17) is 11.6 Å². The minimum atomic E-state index is -0.179. The van der Waals surface area contributed by atoms with Gasteiger partial charge in [-0.2, -0.15) is 0 Å². The highest BCUT2D eigenvalue weighted by Crippen LogP contribution is 2.13. The number of rotatable bonds is 4. The summed E-state index contributed by atoms with van der Waals surface area (Å²) in [5.74, 6) is 2.54. The summed E-state index contributed by atoms with van der Waals surface area (Å²) in [6, 6.07) is 10.5. The van der Waals surface area contributed by atoms with E-state index in [-0.39, 0.29) is 11.8 Å². The van der Waals surface area contributed by atoms with Gasteiger partial charge in [0.15, 0.2) is 0 Å². The summed E-state index contributed by atoms with van der Waals surface area (Å²) >= 11 is 5.92. The summed E-state index contributed by atoms with van der Waals surface area (Å²) in [7, 11) is 0. The second-order valence-corrected chi connectivity index (χ2v) is 5.18. The Kier molecular flexibility index (Phi) is 5.20. The van der Waals surface area contributed by atoms with Crippen LogP contribution in [0.4, 0.5) is 0 Å². The highest BCUT2D eigenvalue weighted by atomic mass is 35.5. The van der Waals surface area contributed by atoms with Crippen LogP contribution < -0.4 is 0 Å². The molecule has 2 rings (SSSR count). The zero-order valence-corrected chi connectivity index (χ0v) is 11.9. The monoisotopic (exact) mass is 289 g/mol. The van der Waals surface area contributed by atoms with E-state index in [1.54, 1.807) is 0 Å². The van der Waals surface area contributed by atoms with Crippen molar-refractivity contribution in [1.29, 1.82) is 0 Å². The molecular formula is C16H16ClNO2. The summed E-state index contributed by atoms with van der Waals surface area (Å²) in [5.41, 5.74) is 1.22. The van der Waals surface area contributed by atoms with Crippen molar-refractivity contribution in [3.8, 4) is 12.0 Å². The molecule has 0 bridgehead atoms. The van der Waals surface area contributed by atoms with Crippen molar-refractivity contribution in [2.24, 2.45) is 0 Å². The number of carbonyl (C=O) groups excluding carboxylic acids is 2. The molecule has 104 valence electrons. The molecule has 0 N–H and O–H groups in total. The van der Waals surface area contributed by atoms with E-state index in [0.29, 0.717) is 19.3 Å². The molecule has 0 spiro atoms. The maximum absolute atomic E-state index is 11.3. The standard InChI is InChI=1S/C16H16ClNO2/c17-14-8-5-7-13(12-14)6-3-1-2-4-11-18-15(19)9-10-16(18)20/h5,7-8,12H,1-3,6,9-10H2. The van der Waals surface area contributed by atoms with Crippen LogP contribution in [-0.4, -0.2) is 16.7 Å². The van der Waals surface area contributed by atoms with Gasteiger partial charge in [0.1, 0.15) is 0 Å². The number of benzene rings is 1. The number of nitrogens with zero attached hydrogens (tertiary/aromatic N) is 1. The zero-order valence-electron chi connectivity index (χ0n) is 11.2. The van der Waals surface area contributed by atoms with Crippen LogP contribution in [0.1, 0.15) is 37.7 Å². The van der Waals surface area contributed by atoms with Crippen molar-refractivity contribution in [2.75, 3.05) is 0 Å². The average Bonchev–Trinajstić information content (AvgIpc) is 2.74. The summed E-state index contributed by atoms with van der Waals surface area (Å²) in [5, 5.41) is 0.758. The molecule has 1 aliphatic rings. The molecule has 0 saturated carbocycles. The Labute approximate surface area is 123 Å². The molecule has 0 radical (unpaired) electrons. The number of hydrogen-bond donors (Lipinski definition) is 0. The summed E-state index contributed by atoms with van der Waals surface area (Å²) in [4.78, 5) is 23.7. The molecule has 0 atom stereocenters. The molecule has 20 heavy (non-hydrogen) atoms. The molecule has 1 aromatic carbocycles. The Morgan fingerprint density at radius 3 is 2.60 bits per heavy atom. The molecular weight excluding hydrogens is 274 g/mol. The highest BCUT2D eigenvalue weighted by Gasteiger charge is 2.27. The van der Waals surface area contributed by atoms with Crippen molar-refractivity contribution in [3.05, 3.63) is 34.9 Å². The number of aryl methyl sites for hydroxylation is 1. The van der Waals surface area contributed by atoms with Crippen molar-refractivity contribution >= 4 is 23.4 Å². The molecule has 0 unspecified atom stereocenters. The minimum Gasteiger partial charge on any atom is -0.273 e. The molecule has 0 aliphatic carbocycles. The fraction of sp³-hybridized carbons (Fsp3) is 0.375. The Hall–Kier alpha value is -1.79. The van der Waals surface area contributed by atoms with Crippen LogP contribution in [0.3, 0.4) is 0 Å². The topological polar surface area (TPSA) is 37.4 Å². The molecule has 1 fully saturated rings. The van der Waals surface area contributed by atoms with Gasteiger partial charge >= 0.3 is 0 Å². The molecule has 4 heteroatoms. The third kappa shape index (κ3) is 4.11. The fourth-order valence-electron chi connectivity index (χ4n) is 2.07. The Bertz CT molecular complexity index is 555. The number of hydrogen-bond acceptors (Lipinski definition) is 2. The Balaban J connectivity index is 1.70. The second-order valence-electron chi connectivity index (χ2n) is 4.75. The third-order valence-corrected chi connectivity index (χ3v) is 3.38. The maximum atomic E-state index is 11.3. The fourth-order valence-corrected chi connectivity index (χ4v) is 2.28. The van der Waals surface area contributed by atoms with Gasteiger partial charge in [-0.25, -0.2) is 4.90 Å². The van der Waals surface area contributed by atoms with Crippen LogP contribution in [-0.2, 0) is 16.0 Å². The smallest absolute Gasteiger partial charge is 0.241 e. The van der Waals surface area contributed by atoms with E-state index in [9.17, 15) is 9.59 Å². The van der Waals surface area contributed by atoms with Gasteiger partial charge in [0.2, 0.25) is 11.8 Å². The first-order valence-electron chi connectivity index (χ1n) is 6.75. The first-order chi connectivity index (χ1) is 9.66. The number of imide groups is 1. The van der Waals surface area contributed by atoms with Crippen LogP contribution in [0.2, 0.25) is 5.02 Å². The Morgan fingerprint density at radius 1 is 1.15 bits per heavy atom. The number of carbonyl (C=O) groups is 2. The van der Waals surface area contributed by atoms with E-state index in [1.165, 1.54) is 5.56 Å². The molecule has 1 heterocycles. The van der Waals surface area contributed by atoms with Crippen molar-refractivity contribution < 1.29 is 9.59 Å². The van der Waals surface area contributed by atoms with Gasteiger partial charge in [-0.05, 0) is 37.0 Å². The van der Waals surface area contributed by atoms with E-state index >= 15 is 0 Å². The average molecular weight is 290 g/mol. The number of unbranched alkanes of at least 4 members (excludes halogenated alkanes) is 2. The van der Waals surface area contributed by atoms with Crippen molar-refractivity contribution in [2.45, 2.75) is 38.5 Å². The van der Waals surface area contributed by atoms with Crippen LogP contribution in [0.15, 0.2) is 24.3 Å². The van der Waals surface area contributed by atoms with E-state index in [2.05, 4.69) is 18.0 Å². The van der Waals surface area contributed by atoms with Gasteiger partial charge in [0.25, 0.3) is 0 Å². The first-order valence-corrected chi connectivity index (χ1v) is 7.13.